The van der Waals surface area contributed by atoms with Crippen molar-refractivity contribution >= 4 is 15.9 Å². The molecule has 0 aliphatic heterocycles. The quantitative estimate of drug-likeness (QED) is 0.827. The summed E-state index contributed by atoms with van der Waals surface area (Å²) in [6.07, 6.45) is 0. The van der Waals surface area contributed by atoms with Crippen molar-refractivity contribution in [2.24, 2.45) is 0 Å². The van der Waals surface area contributed by atoms with Crippen LogP contribution in [0.1, 0.15) is 26.3 Å². The molecule has 0 saturated heterocycles. The van der Waals surface area contributed by atoms with Gasteiger partial charge in [0.1, 0.15) is 12.4 Å². The van der Waals surface area contributed by atoms with Gasteiger partial charge in [0.2, 0.25) is 0 Å². The highest BCUT2D eigenvalue weighted by Crippen LogP contribution is 2.21. The van der Waals surface area contributed by atoms with Gasteiger partial charge in [0.15, 0.2) is 0 Å². The third-order valence-electron chi connectivity index (χ3n) is 2.44. The third kappa shape index (κ3) is 5.69. The topological polar surface area (TPSA) is 21.3 Å². The Balaban J connectivity index is 2.40. The smallest absolute Gasteiger partial charge is 0.120 e. The maximum Gasteiger partial charge on any atom is 0.120 e. The Hall–Kier alpha value is -0.800. The number of benzene rings is 1. The summed E-state index contributed by atoms with van der Waals surface area (Å²) in [5.41, 5.74) is 2.33. The minimum absolute atomic E-state index is 0.108. The maximum absolute atomic E-state index is 5.71. The fourth-order valence-corrected chi connectivity index (χ4v) is 1.58. The monoisotopic (exact) mass is 311 g/mol. The van der Waals surface area contributed by atoms with Gasteiger partial charge in [-0.25, -0.2) is 0 Å². The molecule has 18 heavy (non-hydrogen) atoms. The molecule has 0 atom stereocenters. The molecule has 3 heteroatoms. The molecular weight excluding hydrogens is 290 g/mol. The maximum atomic E-state index is 5.71. The molecule has 1 rings (SSSR count). The van der Waals surface area contributed by atoms with E-state index < -0.39 is 0 Å². The highest BCUT2D eigenvalue weighted by molar-refractivity contribution is 9.10. The summed E-state index contributed by atoms with van der Waals surface area (Å²) in [4.78, 5) is 0. The molecule has 0 unspecified atom stereocenters. The van der Waals surface area contributed by atoms with Gasteiger partial charge in [-0.1, -0.05) is 22.5 Å². The molecular formula is C15H22BrNO. The van der Waals surface area contributed by atoms with E-state index in [-0.39, 0.29) is 5.54 Å². The molecule has 0 saturated carbocycles. The van der Waals surface area contributed by atoms with Crippen LogP contribution in [0.2, 0.25) is 0 Å². The van der Waals surface area contributed by atoms with Crippen LogP contribution in [0.15, 0.2) is 34.8 Å². The van der Waals surface area contributed by atoms with E-state index in [0.29, 0.717) is 6.61 Å². The van der Waals surface area contributed by atoms with Crippen molar-refractivity contribution in [3.63, 3.8) is 0 Å². The summed E-state index contributed by atoms with van der Waals surface area (Å²) in [6.45, 7) is 13.8. The third-order valence-corrected chi connectivity index (χ3v) is 3.33. The Morgan fingerprint density at radius 3 is 2.61 bits per heavy atom. The van der Waals surface area contributed by atoms with Crippen molar-refractivity contribution in [3.05, 3.63) is 40.4 Å². The van der Waals surface area contributed by atoms with Gasteiger partial charge in [0, 0.05) is 16.6 Å². The molecule has 2 nitrogen and oxygen atoms in total. The number of aryl methyl sites for hydroxylation is 1. The molecule has 0 heterocycles. The molecule has 100 valence electrons. The first-order valence-electron chi connectivity index (χ1n) is 6.08. The van der Waals surface area contributed by atoms with Gasteiger partial charge >= 0.3 is 0 Å². The molecule has 0 fully saturated rings. The summed E-state index contributed by atoms with van der Waals surface area (Å²) in [5.74, 6) is 0.882. The molecule has 1 N–H and O–H groups in total. The molecule has 0 aliphatic carbocycles. The number of hydrogen-bond acceptors (Lipinski definition) is 2. The second-order valence-electron chi connectivity index (χ2n) is 5.55. The van der Waals surface area contributed by atoms with Crippen LogP contribution >= 0.6 is 15.9 Å². The SMILES string of the molecule is C=C(CNC(C)(C)C)COc1ccc(Br)c(C)c1. The van der Waals surface area contributed by atoms with E-state index in [1.165, 1.54) is 5.56 Å². The van der Waals surface area contributed by atoms with Crippen LogP contribution in [-0.4, -0.2) is 18.7 Å². The van der Waals surface area contributed by atoms with Crippen LogP contribution in [0.3, 0.4) is 0 Å². The van der Waals surface area contributed by atoms with E-state index in [2.05, 4.69) is 48.6 Å². The Labute approximate surface area is 119 Å². The minimum atomic E-state index is 0.108. The summed E-state index contributed by atoms with van der Waals surface area (Å²) < 4.78 is 6.81. The van der Waals surface area contributed by atoms with Gasteiger partial charge < -0.3 is 10.1 Å². The second kappa shape index (κ2) is 6.39. The summed E-state index contributed by atoms with van der Waals surface area (Å²) in [7, 11) is 0. The average molecular weight is 312 g/mol. The van der Waals surface area contributed by atoms with Crippen molar-refractivity contribution in [1.82, 2.24) is 5.32 Å². The van der Waals surface area contributed by atoms with Crippen LogP contribution in [0.25, 0.3) is 0 Å². The lowest BCUT2D eigenvalue weighted by atomic mass is 10.1. The van der Waals surface area contributed by atoms with E-state index >= 15 is 0 Å². The van der Waals surface area contributed by atoms with Gasteiger partial charge in [-0.05, 0) is 57.0 Å². The van der Waals surface area contributed by atoms with Crippen molar-refractivity contribution in [2.45, 2.75) is 33.2 Å². The molecule has 0 radical (unpaired) electrons. The largest absolute Gasteiger partial charge is 0.489 e. The van der Waals surface area contributed by atoms with Crippen LogP contribution in [0, 0.1) is 6.92 Å². The zero-order valence-corrected chi connectivity index (χ0v) is 13.2. The zero-order valence-electron chi connectivity index (χ0n) is 11.6. The lowest BCUT2D eigenvalue weighted by Gasteiger charge is -2.21. The number of nitrogens with one attached hydrogen (secondary N) is 1. The lowest BCUT2D eigenvalue weighted by Crippen LogP contribution is -2.37. The fraction of sp³-hybridized carbons (Fsp3) is 0.467. The number of halogens is 1. The van der Waals surface area contributed by atoms with E-state index in [0.717, 1.165) is 22.3 Å². The Kier molecular flexibility index (Phi) is 5.42. The Morgan fingerprint density at radius 2 is 2.06 bits per heavy atom. The highest BCUT2D eigenvalue weighted by atomic mass is 79.9. The molecule has 0 bridgehead atoms. The van der Waals surface area contributed by atoms with Gasteiger partial charge in [-0.2, -0.15) is 0 Å². The van der Waals surface area contributed by atoms with E-state index in [4.69, 9.17) is 4.74 Å². The van der Waals surface area contributed by atoms with Gasteiger partial charge in [0.05, 0.1) is 0 Å². The van der Waals surface area contributed by atoms with Crippen molar-refractivity contribution in [3.8, 4) is 5.75 Å². The van der Waals surface area contributed by atoms with Crippen LogP contribution < -0.4 is 10.1 Å². The van der Waals surface area contributed by atoms with Crippen molar-refractivity contribution < 1.29 is 4.74 Å². The molecule has 1 aromatic carbocycles. The van der Waals surface area contributed by atoms with E-state index in [1.807, 2.05) is 25.1 Å². The van der Waals surface area contributed by atoms with Gasteiger partial charge in [-0.3, -0.25) is 0 Å². The second-order valence-corrected chi connectivity index (χ2v) is 6.41. The molecule has 0 amide bonds. The van der Waals surface area contributed by atoms with Gasteiger partial charge in [-0.15, -0.1) is 0 Å². The normalized spacial score (nSPS) is 11.4. The first-order chi connectivity index (χ1) is 8.28. The first-order valence-corrected chi connectivity index (χ1v) is 6.88. The highest BCUT2D eigenvalue weighted by Gasteiger charge is 2.09. The van der Waals surface area contributed by atoms with Crippen LogP contribution in [0.5, 0.6) is 5.75 Å². The Morgan fingerprint density at radius 1 is 1.39 bits per heavy atom. The number of hydrogen-bond donors (Lipinski definition) is 1. The molecule has 1 aromatic rings. The summed E-state index contributed by atoms with van der Waals surface area (Å²) in [6, 6.07) is 5.98. The van der Waals surface area contributed by atoms with Crippen molar-refractivity contribution in [2.75, 3.05) is 13.2 Å². The molecule has 0 spiro atoms. The summed E-state index contributed by atoms with van der Waals surface area (Å²) in [5, 5.41) is 3.39. The summed E-state index contributed by atoms with van der Waals surface area (Å²) >= 11 is 3.47. The zero-order chi connectivity index (χ0) is 13.8. The van der Waals surface area contributed by atoms with Crippen LogP contribution in [0.4, 0.5) is 0 Å². The van der Waals surface area contributed by atoms with E-state index in [1.54, 1.807) is 0 Å². The van der Waals surface area contributed by atoms with Crippen molar-refractivity contribution in [1.29, 1.82) is 0 Å². The number of rotatable bonds is 5. The number of ether oxygens (including phenoxy) is 1. The average Bonchev–Trinajstić information content (AvgIpc) is 2.27. The predicted molar refractivity (Wildman–Crippen MR) is 81.3 cm³/mol. The Bertz CT molecular complexity index is 421. The molecule has 0 aliphatic rings. The lowest BCUT2D eigenvalue weighted by molar-refractivity contribution is 0.341. The fourth-order valence-electron chi connectivity index (χ4n) is 1.33. The molecule has 0 aromatic heterocycles. The van der Waals surface area contributed by atoms with Crippen LogP contribution in [-0.2, 0) is 0 Å². The predicted octanol–water partition coefficient (Wildman–Crippen LogP) is 4.08. The minimum Gasteiger partial charge on any atom is -0.489 e. The van der Waals surface area contributed by atoms with Gasteiger partial charge in [0.25, 0.3) is 0 Å². The standard InChI is InChI=1S/C15H22BrNO/c1-11(9-17-15(3,4)5)10-18-13-6-7-14(16)12(2)8-13/h6-8,17H,1,9-10H2,2-5H3. The van der Waals surface area contributed by atoms with E-state index in [9.17, 15) is 0 Å². The first kappa shape index (κ1) is 15.3.